The second kappa shape index (κ2) is 7.63. The summed E-state index contributed by atoms with van der Waals surface area (Å²) >= 11 is 5.83. The summed E-state index contributed by atoms with van der Waals surface area (Å²) in [6.07, 6.45) is 1.66. The van der Waals surface area contributed by atoms with Crippen LogP contribution in [-0.4, -0.2) is 18.5 Å². The second-order valence-electron chi connectivity index (χ2n) is 7.49. The fourth-order valence-corrected chi connectivity index (χ4v) is 3.00. The lowest BCUT2D eigenvalue weighted by Crippen LogP contribution is -2.40. The van der Waals surface area contributed by atoms with Gasteiger partial charge in [-0.25, -0.2) is 0 Å². The van der Waals surface area contributed by atoms with Gasteiger partial charge in [-0.1, -0.05) is 56.6 Å². The molecule has 0 radical (unpaired) electrons. The van der Waals surface area contributed by atoms with Crippen LogP contribution in [0.15, 0.2) is 36.5 Å². The first-order valence-corrected chi connectivity index (χ1v) is 11.4. The minimum absolute atomic E-state index is 0.233. The van der Waals surface area contributed by atoms with Gasteiger partial charge in [0.1, 0.15) is 0 Å². The SMILES string of the molecule is CC(C)(C)[Si](C)(C)OCc1ccc(CNc2cnnc(Cl)c2)cc1. The Morgan fingerprint density at radius 1 is 1.12 bits per heavy atom. The van der Waals surface area contributed by atoms with Crippen LogP contribution in [0.2, 0.25) is 23.3 Å². The average Bonchev–Trinajstić information content (AvgIpc) is 2.51. The molecule has 0 spiro atoms. The Hall–Kier alpha value is -1.43. The summed E-state index contributed by atoms with van der Waals surface area (Å²) in [5, 5.41) is 11.5. The summed E-state index contributed by atoms with van der Waals surface area (Å²) in [6, 6.07) is 10.3. The molecule has 0 bridgehead atoms. The lowest BCUT2D eigenvalue weighted by Gasteiger charge is -2.36. The van der Waals surface area contributed by atoms with Crippen LogP contribution < -0.4 is 5.32 Å². The number of nitrogens with one attached hydrogen (secondary N) is 1. The van der Waals surface area contributed by atoms with Gasteiger partial charge in [0.2, 0.25) is 0 Å². The summed E-state index contributed by atoms with van der Waals surface area (Å²) < 4.78 is 6.26. The third kappa shape index (κ3) is 5.29. The zero-order chi connectivity index (χ0) is 17.8. The Bertz CT molecular complexity index is 669. The van der Waals surface area contributed by atoms with Crippen LogP contribution in [0.5, 0.6) is 0 Å². The number of rotatable bonds is 6. The fourth-order valence-electron chi connectivity index (χ4n) is 1.88. The fraction of sp³-hybridized carbons (Fsp3) is 0.444. The van der Waals surface area contributed by atoms with Gasteiger partial charge < -0.3 is 9.74 Å². The molecule has 2 rings (SSSR count). The van der Waals surface area contributed by atoms with E-state index in [0.717, 1.165) is 5.69 Å². The highest BCUT2D eigenvalue weighted by atomic mass is 35.5. The molecular formula is C18H26ClN3OSi. The molecule has 0 saturated carbocycles. The molecule has 0 atom stereocenters. The van der Waals surface area contributed by atoms with Gasteiger partial charge in [-0.2, -0.15) is 5.10 Å². The van der Waals surface area contributed by atoms with E-state index in [1.807, 2.05) is 0 Å². The van der Waals surface area contributed by atoms with Crippen molar-refractivity contribution < 1.29 is 4.43 Å². The van der Waals surface area contributed by atoms with E-state index in [1.165, 1.54) is 11.1 Å². The Morgan fingerprint density at radius 2 is 1.75 bits per heavy atom. The molecule has 0 aliphatic heterocycles. The normalized spacial score (nSPS) is 12.2. The third-order valence-electron chi connectivity index (χ3n) is 4.55. The van der Waals surface area contributed by atoms with Crippen LogP contribution in [-0.2, 0) is 17.6 Å². The maximum absolute atomic E-state index is 6.26. The predicted molar refractivity (Wildman–Crippen MR) is 103 cm³/mol. The van der Waals surface area contributed by atoms with Crippen molar-refractivity contribution in [1.29, 1.82) is 0 Å². The van der Waals surface area contributed by atoms with Gasteiger partial charge in [0.15, 0.2) is 13.5 Å². The van der Waals surface area contributed by atoms with Gasteiger partial charge in [0.25, 0.3) is 0 Å². The Kier molecular flexibility index (Phi) is 6.01. The summed E-state index contributed by atoms with van der Waals surface area (Å²) in [6.45, 7) is 12.7. The molecule has 24 heavy (non-hydrogen) atoms. The van der Waals surface area contributed by atoms with E-state index < -0.39 is 8.32 Å². The predicted octanol–water partition coefficient (Wildman–Crippen LogP) is 5.26. The molecule has 0 saturated heterocycles. The van der Waals surface area contributed by atoms with Gasteiger partial charge in [-0.05, 0) is 29.3 Å². The van der Waals surface area contributed by atoms with Crippen LogP contribution in [0.3, 0.4) is 0 Å². The van der Waals surface area contributed by atoms with Crippen LogP contribution in [0, 0.1) is 0 Å². The van der Waals surface area contributed by atoms with Crippen LogP contribution in [0.4, 0.5) is 5.69 Å². The van der Waals surface area contributed by atoms with Crippen molar-refractivity contribution in [1.82, 2.24) is 10.2 Å². The second-order valence-corrected chi connectivity index (χ2v) is 12.7. The summed E-state index contributed by atoms with van der Waals surface area (Å²) in [7, 11) is -1.70. The van der Waals surface area contributed by atoms with Gasteiger partial charge >= 0.3 is 0 Å². The molecule has 0 fully saturated rings. The zero-order valence-electron chi connectivity index (χ0n) is 15.1. The minimum atomic E-state index is -1.70. The zero-order valence-corrected chi connectivity index (χ0v) is 16.8. The van der Waals surface area contributed by atoms with Crippen LogP contribution >= 0.6 is 11.6 Å². The van der Waals surface area contributed by atoms with E-state index in [-0.39, 0.29) is 5.04 Å². The highest BCUT2D eigenvalue weighted by molar-refractivity contribution is 6.74. The Labute approximate surface area is 150 Å². The molecule has 4 nitrogen and oxygen atoms in total. The van der Waals surface area contributed by atoms with Crippen LogP contribution in [0.25, 0.3) is 0 Å². The van der Waals surface area contributed by atoms with Gasteiger partial charge in [0.05, 0.1) is 18.5 Å². The third-order valence-corrected chi connectivity index (χ3v) is 9.21. The number of hydrogen-bond donors (Lipinski definition) is 1. The summed E-state index contributed by atoms with van der Waals surface area (Å²) in [5.41, 5.74) is 3.26. The highest BCUT2D eigenvalue weighted by Crippen LogP contribution is 2.37. The molecule has 2 aromatic rings. The molecule has 1 aromatic carbocycles. The van der Waals surface area contributed by atoms with Crippen molar-refractivity contribution in [3.8, 4) is 0 Å². The average molecular weight is 364 g/mol. The van der Waals surface area contributed by atoms with Crippen molar-refractivity contribution in [2.24, 2.45) is 0 Å². The molecular weight excluding hydrogens is 338 g/mol. The summed E-state index contributed by atoms with van der Waals surface area (Å²) in [4.78, 5) is 0. The van der Waals surface area contributed by atoms with Gasteiger partial charge in [-0.3, -0.25) is 0 Å². The van der Waals surface area contributed by atoms with Crippen molar-refractivity contribution in [3.63, 3.8) is 0 Å². The molecule has 1 heterocycles. The maximum atomic E-state index is 6.26. The van der Waals surface area contributed by atoms with Crippen molar-refractivity contribution in [3.05, 3.63) is 52.8 Å². The smallest absolute Gasteiger partial charge is 0.192 e. The van der Waals surface area contributed by atoms with Crippen molar-refractivity contribution in [2.45, 2.75) is 52.1 Å². The molecule has 1 aromatic heterocycles. The molecule has 0 unspecified atom stereocenters. The molecule has 1 N–H and O–H groups in total. The first-order chi connectivity index (χ1) is 11.2. The Balaban J connectivity index is 1.89. The van der Waals surface area contributed by atoms with E-state index in [9.17, 15) is 0 Å². The first kappa shape index (κ1) is 18.9. The summed E-state index contributed by atoms with van der Waals surface area (Å²) in [5.74, 6) is 0. The first-order valence-electron chi connectivity index (χ1n) is 8.11. The standard InChI is InChI=1S/C18H26ClN3OSi/c1-18(2,3)24(4,5)23-13-15-8-6-14(7-9-15)11-20-16-10-17(19)22-21-12-16/h6-10,12H,11,13H2,1-5H3,(H,20,22). The highest BCUT2D eigenvalue weighted by Gasteiger charge is 2.36. The van der Waals surface area contributed by atoms with E-state index in [2.05, 4.69) is 73.6 Å². The molecule has 0 aliphatic carbocycles. The van der Waals surface area contributed by atoms with E-state index in [1.54, 1.807) is 12.3 Å². The number of nitrogens with zero attached hydrogens (tertiary/aromatic N) is 2. The lowest BCUT2D eigenvalue weighted by molar-refractivity contribution is 0.276. The maximum Gasteiger partial charge on any atom is 0.192 e. The number of anilines is 1. The van der Waals surface area contributed by atoms with E-state index >= 15 is 0 Å². The lowest BCUT2D eigenvalue weighted by atomic mass is 10.1. The van der Waals surface area contributed by atoms with Crippen LogP contribution in [0.1, 0.15) is 31.9 Å². The van der Waals surface area contributed by atoms with E-state index in [4.69, 9.17) is 16.0 Å². The molecule has 6 heteroatoms. The van der Waals surface area contributed by atoms with Crippen molar-refractivity contribution in [2.75, 3.05) is 5.32 Å². The van der Waals surface area contributed by atoms with E-state index in [0.29, 0.717) is 18.3 Å². The topological polar surface area (TPSA) is 47.0 Å². The van der Waals surface area contributed by atoms with Gasteiger partial charge in [-0.15, -0.1) is 5.10 Å². The quantitative estimate of drug-likeness (QED) is 0.710. The number of halogens is 1. The Morgan fingerprint density at radius 3 is 2.33 bits per heavy atom. The minimum Gasteiger partial charge on any atom is -0.413 e. The number of benzene rings is 1. The molecule has 130 valence electrons. The largest absolute Gasteiger partial charge is 0.413 e. The number of aromatic nitrogens is 2. The van der Waals surface area contributed by atoms with Crippen molar-refractivity contribution >= 4 is 25.6 Å². The van der Waals surface area contributed by atoms with Gasteiger partial charge in [0, 0.05) is 12.6 Å². The molecule has 0 amide bonds. The number of hydrogen-bond acceptors (Lipinski definition) is 4. The molecule has 0 aliphatic rings. The monoisotopic (exact) mass is 363 g/mol.